The molecular formula is C12H21N5O2. The number of rotatable bonds is 8. The molecule has 1 rings (SSSR count). The van der Waals surface area contributed by atoms with E-state index in [1.807, 2.05) is 25.7 Å². The van der Waals surface area contributed by atoms with E-state index in [9.17, 15) is 10.1 Å². The minimum Gasteiger partial charge on any atom is -0.354 e. The minimum atomic E-state index is -0.427. The zero-order valence-electron chi connectivity index (χ0n) is 11.7. The van der Waals surface area contributed by atoms with Gasteiger partial charge in [-0.3, -0.25) is 10.1 Å². The second-order valence-electron chi connectivity index (χ2n) is 4.18. The van der Waals surface area contributed by atoms with Crippen LogP contribution in [0.25, 0.3) is 0 Å². The van der Waals surface area contributed by atoms with Crippen LogP contribution in [0.15, 0.2) is 6.20 Å². The largest absolute Gasteiger partial charge is 0.354 e. The zero-order valence-corrected chi connectivity index (χ0v) is 11.7. The Hall–Kier alpha value is -1.92. The molecule has 7 heteroatoms. The summed E-state index contributed by atoms with van der Waals surface area (Å²) in [5.41, 5.74) is -0.0384. The lowest BCUT2D eigenvalue weighted by Crippen LogP contribution is -2.27. The summed E-state index contributed by atoms with van der Waals surface area (Å²) in [4.78, 5) is 20.8. The van der Waals surface area contributed by atoms with Crippen LogP contribution >= 0.6 is 0 Å². The fraction of sp³-hybridized carbons (Fsp3) is 0.667. The number of anilines is 2. The van der Waals surface area contributed by atoms with Crippen molar-refractivity contribution in [1.29, 1.82) is 0 Å². The Bertz CT molecular complexity index is 419. The molecule has 1 N–H and O–H groups in total. The molecule has 7 nitrogen and oxygen atoms in total. The summed E-state index contributed by atoms with van der Waals surface area (Å²) >= 11 is 0. The number of hydrogen-bond donors (Lipinski definition) is 1. The molecule has 0 atom stereocenters. The first-order valence-electron chi connectivity index (χ1n) is 6.64. The van der Waals surface area contributed by atoms with Gasteiger partial charge in [-0.2, -0.15) is 4.98 Å². The van der Waals surface area contributed by atoms with Crippen LogP contribution in [-0.4, -0.2) is 34.5 Å². The molecule has 0 fully saturated rings. The molecule has 106 valence electrons. The Balaban J connectivity index is 3.16. The van der Waals surface area contributed by atoms with Crippen molar-refractivity contribution >= 4 is 17.5 Å². The number of nitrogens with one attached hydrogen (secondary N) is 1. The number of aromatic nitrogens is 2. The minimum absolute atomic E-state index is 0.0384. The fourth-order valence-corrected chi connectivity index (χ4v) is 1.83. The third-order valence-electron chi connectivity index (χ3n) is 2.57. The summed E-state index contributed by atoms with van der Waals surface area (Å²) in [6.45, 7) is 8.19. The van der Waals surface area contributed by atoms with E-state index < -0.39 is 4.92 Å². The molecule has 0 bridgehead atoms. The van der Waals surface area contributed by atoms with Crippen LogP contribution in [-0.2, 0) is 0 Å². The van der Waals surface area contributed by atoms with Crippen LogP contribution < -0.4 is 10.2 Å². The van der Waals surface area contributed by atoms with Gasteiger partial charge < -0.3 is 10.2 Å². The predicted molar refractivity (Wildman–Crippen MR) is 75.6 cm³/mol. The second-order valence-corrected chi connectivity index (χ2v) is 4.18. The molecule has 0 amide bonds. The summed E-state index contributed by atoms with van der Waals surface area (Å²) in [7, 11) is 0. The molecule has 19 heavy (non-hydrogen) atoms. The van der Waals surface area contributed by atoms with E-state index in [0.29, 0.717) is 18.3 Å². The van der Waals surface area contributed by atoms with Crippen molar-refractivity contribution in [3.05, 3.63) is 16.3 Å². The van der Waals surface area contributed by atoms with E-state index in [-0.39, 0.29) is 5.69 Å². The lowest BCUT2D eigenvalue weighted by atomic mass is 10.3. The van der Waals surface area contributed by atoms with Gasteiger partial charge in [-0.15, -0.1) is 0 Å². The second kappa shape index (κ2) is 7.50. The van der Waals surface area contributed by atoms with Crippen molar-refractivity contribution in [3.63, 3.8) is 0 Å². The molecule has 0 aliphatic rings. The highest BCUT2D eigenvalue weighted by Gasteiger charge is 2.22. The summed E-state index contributed by atoms with van der Waals surface area (Å²) in [5.74, 6) is 0.833. The number of nitrogens with zero attached hydrogens (tertiary/aromatic N) is 4. The summed E-state index contributed by atoms with van der Waals surface area (Å²) in [5, 5.41) is 14.1. The third-order valence-corrected chi connectivity index (χ3v) is 2.57. The first-order chi connectivity index (χ1) is 9.13. The van der Waals surface area contributed by atoms with Crippen molar-refractivity contribution in [3.8, 4) is 0 Å². The molecule has 0 aliphatic heterocycles. The van der Waals surface area contributed by atoms with E-state index in [4.69, 9.17) is 0 Å². The first kappa shape index (κ1) is 15.1. The van der Waals surface area contributed by atoms with Gasteiger partial charge in [0.1, 0.15) is 6.20 Å². The van der Waals surface area contributed by atoms with Gasteiger partial charge in [0.2, 0.25) is 11.8 Å². The van der Waals surface area contributed by atoms with Crippen LogP contribution in [0.1, 0.15) is 33.6 Å². The van der Waals surface area contributed by atoms with E-state index >= 15 is 0 Å². The van der Waals surface area contributed by atoms with E-state index in [1.165, 1.54) is 6.20 Å². The number of nitro groups is 1. The van der Waals surface area contributed by atoms with Gasteiger partial charge in [0.05, 0.1) is 4.92 Å². The highest BCUT2D eigenvalue weighted by molar-refractivity contribution is 5.58. The maximum absolute atomic E-state index is 11.1. The van der Waals surface area contributed by atoms with Crippen molar-refractivity contribution in [2.45, 2.75) is 33.6 Å². The highest BCUT2D eigenvalue weighted by atomic mass is 16.6. The maximum Gasteiger partial charge on any atom is 0.329 e. The quantitative estimate of drug-likeness (QED) is 0.575. The average molecular weight is 267 g/mol. The van der Waals surface area contributed by atoms with Gasteiger partial charge in [0.15, 0.2) is 0 Å². The van der Waals surface area contributed by atoms with Gasteiger partial charge in [-0.1, -0.05) is 13.8 Å². The van der Waals surface area contributed by atoms with Crippen molar-refractivity contribution in [2.24, 2.45) is 0 Å². The molecule has 0 spiro atoms. The van der Waals surface area contributed by atoms with Crippen LogP contribution in [0.2, 0.25) is 0 Å². The molecule has 0 radical (unpaired) electrons. The van der Waals surface area contributed by atoms with E-state index in [2.05, 4.69) is 15.3 Å². The number of hydrogen-bond acceptors (Lipinski definition) is 6. The molecule has 0 saturated heterocycles. The molecule has 0 unspecified atom stereocenters. The van der Waals surface area contributed by atoms with E-state index in [1.54, 1.807) is 0 Å². The van der Waals surface area contributed by atoms with Gasteiger partial charge in [-0.05, 0) is 19.8 Å². The Morgan fingerprint density at radius 1 is 1.32 bits per heavy atom. The molecule has 1 heterocycles. The standard InChI is InChI=1S/C12H21N5O2/c1-4-7-16(8-5-2)11-10(17(18)19)9-14-12(15-11)13-6-3/h9H,4-8H2,1-3H3,(H,13,14,15). The summed E-state index contributed by atoms with van der Waals surface area (Å²) in [6, 6.07) is 0. The van der Waals surface area contributed by atoms with Gasteiger partial charge >= 0.3 is 5.69 Å². The van der Waals surface area contributed by atoms with Crippen molar-refractivity contribution in [1.82, 2.24) is 9.97 Å². The Morgan fingerprint density at radius 2 is 1.95 bits per heavy atom. The average Bonchev–Trinajstić information content (AvgIpc) is 2.38. The van der Waals surface area contributed by atoms with Crippen LogP contribution in [0.4, 0.5) is 17.5 Å². The van der Waals surface area contributed by atoms with Crippen LogP contribution in [0, 0.1) is 10.1 Å². The molecule has 0 saturated carbocycles. The molecule has 0 aromatic carbocycles. The van der Waals surface area contributed by atoms with E-state index in [0.717, 1.165) is 25.9 Å². The SMILES string of the molecule is CCCN(CCC)c1nc(NCC)ncc1[N+](=O)[O-]. The van der Waals surface area contributed by atoms with Crippen LogP contribution in [0.3, 0.4) is 0 Å². The highest BCUT2D eigenvalue weighted by Crippen LogP contribution is 2.26. The monoisotopic (exact) mass is 267 g/mol. The lowest BCUT2D eigenvalue weighted by Gasteiger charge is -2.22. The summed E-state index contributed by atoms with van der Waals surface area (Å²) in [6.07, 6.45) is 3.11. The lowest BCUT2D eigenvalue weighted by molar-refractivity contribution is -0.384. The molecule has 1 aromatic heterocycles. The zero-order chi connectivity index (χ0) is 14.3. The maximum atomic E-state index is 11.1. The van der Waals surface area contributed by atoms with Gasteiger partial charge in [0, 0.05) is 19.6 Å². The van der Waals surface area contributed by atoms with Crippen molar-refractivity contribution in [2.75, 3.05) is 29.9 Å². The molecule has 1 aromatic rings. The smallest absolute Gasteiger partial charge is 0.329 e. The Kier molecular flexibility index (Phi) is 5.98. The normalized spacial score (nSPS) is 10.3. The van der Waals surface area contributed by atoms with Crippen molar-refractivity contribution < 1.29 is 4.92 Å². The fourth-order valence-electron chi connectivity index (χ4n) is 1.83. The Morgan fingerprint density at radius 3 is 2.42 bits per heavy atom. The summed E-state index contributed by atoms with van der Waals surface area (Å²) < 4.78 is 0. The van der Waals surface area contributed by atoms with Crippen LogP contribution in [0.5, 0.6) is 0 Å². The molecule has 0 aliphatic carbocycles. The Labute approximate surface area is 113 Å². The third kappa shape index (κ3) is 4.04. The molecular weight excluding hydrogens is 246 g/mol. The topological polar surface area (TPSA) is 84.2 Å². The van der Waals surface area contributed by atoms with Gasteiger partial charge in [0.25, 0.3) is 0 Å². The first-order valence-corrected chi connectivity index (χ1v) is 6.64. The van der Waals surface area contributed by atoms with Gasteiger partial charge in [-0.25, -0.2) is 4.98 Å². The predicted octanol–water partition coefficient (Wildman–Crippen LogP) is 2.44.